The number of amides is 1. The van der Waals surface area contributed by atoms with Crippen molar-refractivity contribution in [2.45, 2.75) is 32.6 Å². The Bertz CT molecular complexity index is 538. The Morgan fingerprint density at radius 1 is 1.50 bits per heavy atom. The maximum atomic E-state index is 12.1. The zero-order chi connectivity index (χ0) is 14.4. The van der Waals surface area contributed by atoms with Crippen molar-refractivity contribution in [3.63, 3.8) is 0 Å². The number of aromatic nitrogens is 1. The van der Waals surface area contributed by atoms with Crippen molar-refractivity contribution < 1.29 is 4.79 Å². The van der Waals surface area contributed by atoms with Crippen molar-refractivity contribution in [2.24, 2.45) is 11.1 Å². The largest absolute Gasteiger partial charge is 0.351 e. The Hall–Kier alpha value is -1.86. The van der Waals surface area contributed by atoms with Gasteiger partial charge in [-0.3, -0.25) is 9.78 Å². The van der Waals surface area contributed by atoms with Gasteiger partial charge in [-0.25, -0.2) is 0 Å². The monoisotopic (exact) mass is 271 g/mol. The van der Waals surface area contributed by atoms with Gasteiger partial charge in [0.25, 0.3) is 5.91 Å². The van der Waals surface area contributed by atoms with Crippen LogP contribution in [0.5, 0.6) is 0 Å². The van der Waals surface area contributed by atoms with Crippen LogP contribution in [0, 0.1) is 17.3 Å². The zero-order valence-corrected chi connectivity index (χ0v) is 11.9. The van der Waals surface area contributed by atoms with Crippen molar-refractivity contribution >= 4 is 5.91 Å². The van der Waals surface area contributed by atoms with Gasteiger partial charge in [0, 0.05) is 24.5 Å². The van der Waals surface area contributed by atoms with Crippen LogP contribution in [0.15, 0.2) is 18.5 Å². The number of nitrogens with two attached hydrogens (primary N) is 1. The number of hydrogen-bond acceptors (Lipinski definition) is 3. The first-order chi connectivity index (χ1) is 9.69. The molecule has 4 nitrogen and oxygen atoms in total. The van der Waals surface area contributed by atoms with Crippen molar-refractivity contribution in [3.05, 3.63) is 29.6 Å². The zero-order valence-electron chi connectivity index (χ0n) is 11.9. The Balaban J connectivity index is 1.95. The molecule has 1 aliphatic carbocycles. The molecule has 106 valence electrons. The lowest BCUT2D eigenvalue weighted by molar-refractivity contribution is 0.0943. The highest BCUT2D eigenvalue weighted by molar-refractivity contribution is 5.94. The summed E-state index contributed by atoms with van der Waals surface area (Å²) in [4.78, 5) is 16.2. The van der Waals surface area contributed by atoms with E-state index in [4.69, 9.17) is 5.73 Å². The Kier molecular flexibility index (Phi) is 4.75. The summed E-state index contributed by atoms with van der Waals surface area (Å²) in [5.74, 6) is 5.57. The van der Waals surface area contributed by atoms with Gasteiger partial charge in [-0.05, 0) is 30.7 Å². The number of carbonyl (C=O) groups is 1. The van der Waals surface area contributed by atoms with E-state index in [0.29, 0.717) is 17.5 Å². The van der Waals surface area contributed by atoms with Gasteiger partial charge >= 0.3 is 0 Å². The molecular formula is C16H21N3O. The van der Waals surface area contributed by atoms with Gasteiger partial charge in [0.1, 0.15) is 0 Å². The SMILES string of the molecule is CCCC1(CNC(=O)c2cncc(C#CCN)c2)CC1. The van der Waals surface area contributed by atoms with E-state index in [2.05, 4.69) is 29.1 Å². The number of hydrogen-bond donors (Lipinski definition) is 2. The average Bonchev–Trinajstić information content (AvgIpc) is 3.23. The smallest absolute Gasteiger partial charge is 0.252 e. The molecule has 1 saturated carbocycles. The first kappa shape index (κ1) is 14.5. The summed E-state index contributed by atoms with van der Waals surface area (Å²) in [5.41, 5.74) is 6.96. The fraction of sp³-hybridized carbons (Fsp3) is 0.500. The van der Waals surface area contributed by atoms with E-state index in [0.717, 1.165) is 12.1 Å². The summed E-state index contributed by atoms with van der Waals surface area (Å²) in [5, 5.41) is 3.02. The molecule has 1 aromatic heterocycles. The van der Waals surface area contributed by atoms with Crippen molar-refractivity contribution in [1.29, 1.82) is 0 Å². The van der Waals surface area contributed by atoms with Gasteiger partial charge in [-0.15, -0.1) is 0 Å². The van der Waals surface area contributed by atoms with Crippen molar-refractivity contribution in [2.75, 3.05) is 13.1 Å². The first-order valence-corrected chi connectivity index (χ1v) is 7.11. The number of carbonyl (C=O) groups excluding carboxylic acids is 1. The molecule has 4 heteroatoms. The van der Waals surface area contributed by atoms with E-state index >= 15 is 0 Å². The molecule has 0 aromatic carbocycles. The van der Waals surface area contributed by atoms with Crippen LogP contribution in [-0.4, -0.2) is 24.0 Å². The van der Waals surface area contributed by atoms with Crippen LogP contribution >= 0.6 is 0 Å². The Morgan fingerprint density at radius 2 is 2.30 bits per heavy atom. The van der Waals surface area contributed by atoms with E-state index < -0.39 is 0 Å². The third-order valence-electron chi connectivity index (χ3n) is 3.70. The molecule has 1 aliphatic rings. The first-order valence-electron chi connectivity index (χ1n) is 7.11. The number of rotatable bonds is 5. The van der Waals surface area contributed by atoms with Crippen LogP contribution in [0.3, 0.4) is 0 Å². The molecule has 1 heterocycles. The summed E-state index contributed by atoms with van der Waals surface area (Å²) in [7, 11) is 0. The van der Waals surface area contributed by atoms with E-state index in [1.807, 2.05) is 0 Å². The molecule has 1 fully saturated rings. The van der Waals surface area contributed by atoms with Crippen molar-refractivity contribution in [3.8, 4) is 11.8 Å². The Morgan fingerprint density at radius 3 is 2.95 bits per heavy atom. The van der Waals surface area contributed by atoms with Crippen LogP contribution < -0.4 is 11.1 Å². The molecule has 0 atom stereocenters. The maximum absolute atomic E-state index is 12.1. The minimum Gasteiger partial charge on any atom is -0.351 e. The molecule has 0 bridgehead atoms. The lowest BCUT2D eigenvalue weighted by Crippen LogP contribution is -2.30. The third-order valence-corrected chi connectivity index (χ3v) is 3.70. The van der Waals surface area contributed by atoms with E-state index in [-0.39, 0.29) is 5.91 Å². The summed E-state index contributed by atoms with van der Waals surface area (Å²) >= 11 is 0. The van der Waals surface area contributed by atoms with Gasteiger partial charge in [0.15, 0.2) is 0 Å². The van der Waals surface area contributed by atoms with Crippen LogP contribution in [0.4, 0.5) is 0 Å². The summed E-state index contributed by atoms with van der Waals surface area (Å²) in [6.45, 7) is 3.25. The Labute approximate surface area is 120 Å². The molecule has 0 spiro atoms. The van der Waals surface area contributed by atoms with Crippen LogP contribution in [0.2, 0.25) is 0 Å². The molecule has 0 saturated heterocycles. The van der Waals surface area contributed by atoms with E-state index in [1.54, 1.807) is 18.5 Å². The molecule has 0 unspecified atom stereocenters. The van der Waals surface area contributed by atoms with Crippen LogP contribution in [0.25, 0.3) is 0 Å². The third kappa shape index (κ3) is 3.82. The lowest BCUT2D eigenvalue weighted by Gasteiger charge is -2.14. The molecule has 3 N–H and O–H groups in total. The van der Waals surface area contributed by atoms with Gasteiger partial charge in [-0.2, -0.15) is 0 Å². The summed E-state index contributed by atoms with van der Waals surface area (Å²) in [6.07, 6.45) is 8.01. The number of pyridine rings is 1. The van der Waals surface area contributed by atoms with Crippen LogP contribution in [0.1, 0.15) is 48.5 Å². The molecular weight excluding hydrogens is 250 g/mol. The second-order valence-corrected chi connectivity index (χ2v) is 5.40. The van der Waals surface area contributed by atoms with E-state index in [9.17, 15) is 4.79 Å². The topological polar surface area (TPSA) is 68.0 Å². The fourth-order valence-corrected chi connectivity index (χ4v) is 2.38. The van der Waals surface area contributed by atoms with Crippen LogP contribution in [-0.2, 0) is 0 Å². The predicted octanol–water partition coefficient (Wildman–Crippen LogP) is 1.70. The van der Waals surface area contributed by atoms with Gasteiger partial charge in [0.05, 0.1) is 12.1 Å². The highest BCUT2D eigenvalue weighted by atomic mass is 16.1. The van der Waals surface area contributed by atoms with Gasteiger partial charge < -0.3 is 11.1 Å². The molecule has 0 aliphatic heterocycles. The second kappa shape index (κ2) is 6.53. The van der Waals surface area contributed by atoms with E-state index in [1.165, 1.54) is 25.7 Å². The predicted molar refractivity (Wildman–Crippen MR) is 79.1 cm³/mol. The minimum absolute atomic E-state index is 0.0729. The molecule has 1 aromatic rings. The number of nitrogens with zero attached hydrogens (tertiary/aromatic N) is 1. The lowest BCUT2D eigenvalue weighted by atomic mass is 10.0. The molecule has 1 amide bonds. The maximum Gasteiger partial charge on any atom is 0.252 e. The summed E-state index contributed by atoms with van der Waals surface area (Å²) < 4.78 is 0. The molecule has 20 heavy (non-hydrogen) atoms. The average molecular weight is 271 g/mol. The standard InChI is InChI=1S/C16H21N3O/c1-2-5-16(6-7-16)12-19-15(20)14-9-13(4-3-8-17)10-18-11-14/h9-11H,2,5-8,12,17H2,1H3,(H,19,20). The van der Waals surface area contributed by atoms with Gasteiger partial charge in [-0.1, -0.05) is 25.2 Å². The fourth-order valence-electron chi connectivity index (χ4n) is 2.38. The summed E-state index contributed by atoms with van der Waals surface area (Å²) in [6, 6.07) is 1.75. The normalized spacial score (nSPS) is 15.1. The molecule has 2 rings (SSSR count). The highest BCUT2D eigenvalue weighted by Crippen LogP contribution is 2.48. The molecule has 0 radical (unpaired) electrons. The van der Waals surface area contributed by atoms with Gasteiger partial charge in [0.2, 0.25) is 0 Å². The number of nitrogens with one attached hydrogen (secondary N) is 1. The van der Waals surface area contributed by atoms with Crippen molar-refractivity contribution in [1.82, 2.24) is 10.3 Å². The second-order valence-electron chi connectivity index (χ2n) is 5.40. The quantitative estimate of drug-likeness (QED) is 0.801. The minimum atomic E-state index is -0.0729. The highest BCUT2D eigenvalue weighted by Gasteiger charge is 2.41.